The predicted octanol–water partition coefficient (Wildman–Crippen LogP) is 1.46. The Hall–Kier alpha value is -2.08. The maximum absolute atomic E-state index is 12.1. The van der Waals surface area contributed by atoms with Crippen LogP contribution in [0.3, 0.4) is 0 Å². The van der Waals surface area contributed by atoms with Gasteiger partial charge in [0.15, 0.2) is 0 Å². The van der Waals surface area contributed by atoms with Gasteiger partial charge in [0.1, 0.15) is 0 Å². The summed E-state index contributed by atoms with van der Waals surface area (Å²) in [6.45, 7) is 3.87. The van der Waals surface area contributed by atoms with Crippen LogP contribution in [0, 0.1) is 0 Å². The van der Waals surface area contributed by atoms with Gasteiger partial charge in [-0.2, -0.15) is 0 Å². The molecule has 6 heteroatoms. The lowest BCUT2D eigenvalue weighted by Gasteiger charge is -2.29. The van der Waals surface area contributed by atoms with E-state index in [1.165, 1.54) is 0 Å². The number of carbonyl (C=O) groups excluding carboxylic acids is 2. The van der Waals surface area contributed by atoms with Crippen LogP contribution in [0.25, 0.3) is 0 Å². The fraction of sp³-hybridized carbons (Fsp3) is 0.429. The number of carbonyl (C=O) groups is 2. The minimum atomic E-state index is -0.649. The number of hydrogen-bond acceptors (Lipinski definition) is 3. The van der Waals surface area contributed by atoms with Gasteiger partial charge in [-0.1, -0.05) is 6.92 Å². The Morgan fingerprint density at radius 1 is 1.30 bits per heavy atom. The highest BCUT2D eigenvalue weighted by molar-refractivity contribution is 5.95. The molecule has 1 atom stereocenters. The van der Waals surface area contributed by atoms with Crippen LogP contribution < -0.4 is 16.4 Å². The van der Waals surface area contributed by atoms with E-state index >= 15 is 0 Å². The third-order valence-corrected chi connectivity index (χ3v) is 3.27. The molecule has 110 valence electrons. The number of amides is 3. The Bertz CT molecular complexity index is 473. The van der Waals surface area contributed by atoms with Crippen LogP contribution in [0.1, 0.15) is 37.0 Å². The molecule has 0 aromatic heterocycles. The first-order valence-electron chi connectivity index (χ1n) is 6.50. The van der Waals surface area contributed by atoms with Gasteiger partial charge >= 0.3 is 6.03 Å². The molecule has 3 amide bonds. The van der Waals surface area contributed by atoms with Gasteiger partial charge in [-0.05, 0) is 44.0 Å². The van der Waals surface area contributed by atoms with Crippen molar-refractivity contribution in [1.29, 1.82) is 0 Å². The fourth-order valence-electron chi connectivity index (χ4n) is 1.77. The maximum Gasteiger partial charge on any atom is 0.316 e. The Kier molecular flexibility index (Phi) is 5.52. The van der Waals surface area contributed by atoms with E-state index in [2.05, 4.69) is 10.6 Å². The Labute approximate surface area is 118 Å². The monoisotopic (exact) mass is 279 g/mol. The summed E-state index contributed by atoms with van der Waals surface area (Å²) in [6, 6.07) is 5.78. The molecule has 6 nitrogen and oxygen atoms in total. The number of aliphatic hydroxyl groups is 1. The number of rotatable bonds is 6. The van der Waals surface area contributed by atoms with E-state index in [9.17, 15) is 9.59 Å². The van der Waals surface area contributed by atoms with Gasteiger partial charge in [0, 0.05) is 23.4 Å². The van der Waals surface area contributed by atoms with E-state index in [0.717, 1.165) is 6.42 Å². The summed E-state index contributed by atoms with van der Waals surface area (Å²) < 4.78 is 0. The lowest BCUT2D eigenvalue weighted by atomic mass is 9.94. The maximum atomic E-state index is 12.1. The third-order valence-electron chi connectivity index (χ3n) is 3.27. The van der Waals surface area contributed by atoms with Crippen LogP contribution >= 0.6 is 0 Å². The van der Waals surface area contributed by atoms with Crippen molar-refractivity contribution in [2.45, 2.75) is 32.2 Å². The summed E-state index contributed by atoms with van der Waals surface area (Å²) in [4.78, 5) is 22.8. The summed E-state index contributed by atoms with van der Waals surface area (Å²) in [5, 5.41) is 14.4. The third kappa shape index (κ3) is 4.55. The average molecular weight is 279 g/mol. The molecule has 0 aliphatic heterocycles. The van der Waals surface area contributed by atoms with Crippen molar-refractivity contribution < 1.29 is 14.7 Å². The molecule has 0 spiro atoms. The van der Waals surface area contributed by atoms with Crippen molar-refractivity contribution in [2.75, 3.05) is 11.9 Å². The van der Waals surface area contributed by atoms with E-state index in [-0.39, 0.29) is 12.5 Å². The van der Waals surface area contributed by atoms with Crippen molar-refractivity contribution >= 4 is 17.6 Å². The topological polar surface area (TPSA) is 104 Å². The molecule has 5 N–H and O–H groups in total. The quantitative estimate of drug-likeness (QED) is 0.633. The standard InChI is InChI=1S/C14H21N3O3/c1-3-14(2,8-9-18)17-12(19)10-4-6-11(7-5-10)16-13(15)20/h4-7,18H,3,8-9H2,1-2H3,(H,17,19)(H3,15,16,20). The molecule has 0 aliphatic carbocycles. The second kappa shape index (κ2) is 6.91. The number of hydrogen-bond donors (Lipinski definition) is 4. The zero-order valence-electron chi connectivity index (χ0n) is 11.8. The van der Waals surface area contributed by atoms with Crippen LogP contribution in [0.2, 0.25) is 0 Å². The van der Waals surface area contributed by atoms with Crippen LogP contribution in [-0.2, 0) is 0 Å². The molecule has 20 heavy (non-hydrogen) atoms. The van der Waals surface area contributed by atoms with E-state index in [4.69, 9.17) is 10.8 Å². The van der Waals surface area contributed by atoms with E-state index in [1.54, 1.807) is 24.3 Å². The van der Waals surface area contributed by atoms with Crippen molar-refractivity contribution in [2.24, 2.45) is 5.73 Å². The molecule has 1 unspecified atom stereocenters. The van der Waals surface area contributed by atoms with Crippen molar-refractivity contribution in [3.8, 4) is 0 Å². The Balaban J connectivity index is 2.74. The van der Waals surface area contributed by atoms with Crippen LogP contribution in [0.15, 0.2) is 24.3 Å². The van der Waals surface area contributed by atoms with E-state index in [1.807, 2.05) is 13.8 Å². The smallest absolute Gasteiger partial charge is 0.316 e. The highest BCUT2D eigenvalue weighted by Crippen LogP contribution is 2.16. The SMILES string of the molecule is CCC(C)(CCO)NC(=O)c1ccc(NC(N)=O)cc1. The van der Waals surface area contributed by atoms with Crippen LogP contribution in [0.4, 0.5) is 10.5 Å². The molecule has 1 aromatic rings. The largest absolute Gasteiger partial charge is 0.396 e. The van der Waals surface area contributed by atoms with Crippen molar-refractivity contribution in [1.82, 2.24) is 5.32 Å². The lowest BCUT2D eigenvalue weighted by Crippen LogP contribution is -2.46. The van der Waals surface area contributed by atoms with E-state index < -0.39 is 11.6 Å². The lowest BCUT2D eigenvalue weighted by molar-refractivity contribution is 0.0886. The molecule has 0 heterocycles. The van der Waals surface area contributed by atoms with Gasteiger partial charge in [0.2, 0.25) is 0 Å². The summed E-state index contributed by atoms with van der Waals surface area (Å²) in [5.41, 5.74) is 5.58. The second-order valence-corrected chi connectivity index (χ2v) is 4.91. The number of urea groups is 1. The minimum absolute atomic E-state index is 0.0199. The number of anilines is 1. The van der Waals surface area contributed by atoms with Crippen LogP contribution in [0.5, 0.6) is 0 Å². The van der Waals surface area contributed by atoms with Crippen LogP contribution in [-0.4, -0.2) is 29.2 Å². The first kappa shape index (κ1) is 16.0. The zero-order chi connectivity index (χ0) is 15.2. The minimum Gasteiger partial charge on any atom is -0.396 e. The Morgan fingerprint density at radius 2 is 1.90 bits per heavy atom. The normalized spacial score (nSPS) is 13.3. The highest BCUT2D eigenvalue weighted by atomic mass is 16.3. The number of primary amides is 1. The highest BCUT2D eigenvalue weighted by Gasteiger charge is 2.24. The van der Waals surface area contributed by atoms with Gasteiger partial charge in [0.25, 0.3) is 5.91 Å². The summed E-state index contributed by atoms with van der Waals surface area (Å²) in [7, 11) is 0. The summed E-state index contributed by atoms with van der Waals surface area (Å²) in [6.07, 6.45) is 1.22. The zero-order valence-corrected chi connectivity index (χ0v) is 11.8. The number of nitrogens with one attached hydrogen (secondary N) is 2. The average Bonchev–Trinajstić information content (AvgIpc) is 2.39. The molecule has 0 saturated heterocycles. The van der Waals surface area contributed by atoms with Gasteiger partial charge < -0.3 is 21.5 Å². The molecular weight excluding hydrogens is 258 g/mol. The van der Waals surface area contributed by atoms with Gasteiger partial charge in [-0.25, -0.2) is 4.79 Å². The summed E-state index contributed by atoms with van der Waals surface area (Å²) >= 11 is 0. The van der Waals surface area contributed by atoms with E-state index in [0.29, 0.717) is 17.7 Å². The molecule has 0 bridgehead atoms. The number of benzene rings is 1. The molecule has 1 rings (SSSR count). The summed E-state index contributed by atoms with van der Waals surface area (Å²) in [5.74, 6) is -0.214. The predicted molar refractivity (Wildman–Crippen MR) is 77.5 cm³/mol. The van der Waals surface area contributed by atoms with Gasteiger partial charge in [-0.3, -0.25) is 4.79 Å². The molecule has 0 aliphatic rings. The van der Waals surface area contributed by atoms with Gasteiger partial charge in [0.05, 0.1) is 0 Å². The second-order valence-electron chi connectivity index (χ2n) is 4.91. The molecule has 0 fully saturated rings. The number of nitrogens with two attached hydrogens (primary N) is 1. The fourth-order valence-corrected chi connectivity index (χ4v) is 1.77. The van der Waals surface area contributed by atoms with Gasteiger partial charge in [-0.15, -0.1) is 0 Å². The van der Waals surface area contributed by atoms with Crippen molar-refractivity contribution in [3.05, 3.63) is 29.8 Å². The molecule has 1 aromatic carbocycles. The molecule has 0 radical (unpaired) electrons. The van der Waals surface area contributed by atoms with Crippen molar-refractivity contribution in [3.63, 3.8) is 0 Å². The first-order chi connectivity index (χ1) is 9.40. The first-order valence-corrected chi connectivity index (χ1v) is 6.50. The Morgan fingerprint density at radius 3 is 2.35 bits per heavy atom. The number of aliphatic hydroxyl groups excluding tert-OH is 1. The molecule has 0 saturated carbocycles. The molecular formula is C14H21N3O3.